The van der Waals surface area contributed by atoms with Crippen LogP contribution in [-0.4, -0.2) is 57.6 Å². The number of esters is 1. The second-order valence-corrected chi connectivity index (χ2v) is 21.9. The molecule has 1 aromatic rings. The van der Waals surface area contributed by atoms with Crippen LogP contribution >= 0.6 is 0 Å². The molecule has 1 amide bonds. The van der Waals surface area contributed by atoms with Crippen molar-refractivity contribution in [1.82, 2.24) is 15.3 Å². The van der Waals surface area contributed by atoms with Gasteiger partial charge in [0.25, 0.3) is 6.47 Å². The Hall–Kier alpha value is -3.43. The van der Waals surface area contributed by atoms with Crippen LogP contribution in [0.5, 0.6) is 0 Å². The molecule has 5 fully saturated rings. The van der Waals surface area contributed by atoms with Gasteiger partial charge in [-0.1, -0.05) is 76.2 Å². The number of hydrogen-bond donors (Lipinski definition) is 1. The van der Waals surface area contributed by atoms with Gasteiger partial charge in [0.15, 0.2) is 11.6 Å². The minimum absolute atomic E-state index is 0.00358. The van der Waals surface area contributed by atoms with E-state index in [4.69, 9.17) is 9.47 Å². The molecule has 1 N–H and O–H groups in total. The van der Waals surface area contributed by atoms with Gasteiger partial charge in [-0.25, -0.2) is 4.98 Å². The second kappa shape index (κ2) is 13.8. The lowest BCUT2D eigenvalue weighted by molar-refractivity contribution is -0.236. The molecule has 312 valence electrons. The summed E-state index contributed by atoms with van der Waals surface area (Å²) in [5.74, 6) is 0.281. The third-order valence-electron chi connectivity index (χ3n) is 17.7. The monoisotopic (exact) mass is 785 g/mol. The molecule has 1 aromatic heterocycles. The molecule has 1 heterocycles. The molecule has 57 heavy (non-hydrogen) atoms. The quantitative estimate of drug-likeness (QED) is 0.141. The van der Waals surface area contributed by atoms with Gasteiger partial charge in [0.1, 0.15) is 17.9 Å². The van der Waals surface area contributed by atoms with Crippen LogP contribution in [0.15, 0.2) is 29.7 Å². The van der Waals surface area contributed by atoms with E-state index in [9.17, 15) is 24.0 Å². The van der Waals surface area contributed by atoms with Gasteiger partial charge in [0.2, 0.25) is 5.91 Å². The van der Waals surface area contributed by atoms with Gasteiger partial charge in [0, 0.05) is 36.1 Å². The summed E-state index contributed by atoms with van der Waals surface area (Å²) in [6.45, 7) is 24.5. The summed E-state index contributed by atoms with van der Waals surface area (Å²) < 4.78 is 11.7. The number of amides is 1. The molecule has 0 aromatic carbocycles. The number of ether oxygens (including phenoxy) is 2. The van der Waals surface area contributed by atoms with Crippen LogP contribution in [0.25, 0.3) is 0 Å². The fraction of sp³-hybridized carbons (Fsp3) is 0.766. The molecule has 10 heteroatoms. The fourth-order valence-corrected chi connectivity index (χ4v) is 14.1. The molecule has 0 spiro atoms. The van der Waals surface area contributed by atoms with Gasteiger partial charge in [-0.15, -0.1) is 0 Å². The standard InChI is InChI=1S/C47H67N3O7/c1-27(2)37-32(53)24-47(50-40(55)41(3,4)23-31(52)30-25-48-20-21-49-30)19-18-45(10)28(38(37)47)12-13-34-44(9)16-15-35(43(7,8)33(44)14-17-46(34,45)11)57-39(54)29-22-36(56-26-51)42(29,5)6/h20-21,25-29,33-36H,12-19,22-24H2,1-11H3,(H,50,55)/t28-,29-,33+,34-,35+,36-,44+,45-,46-,47-/m1/s1. The van der Waals surface area contributed by atoms with Crippen molar-refractivity contribution in [2.75, 3.05) is 0 Å². The predicted octanol–water partition coefficient (Wildman–Crippen LogP) is 8.42. The number of hydrogen-bond acceptors (Lipinski definition) is 9. The van der Waals surface area contributed by atoms with Gasteiger partial charge in [0.05, 0.1) is 23.1 Å². The van der Waals surface area contributed by atoms with Crippen molar-refractivity contribution in [3.05, 3.63) is 35.4 Å². The van der Waals surface area contributed by atoms with Crippen LogP contribution in [0, 0.1) is 62.1 Å². The van der Waals surface area contributed by atoms with E-state index in [1.54, 1.807) is 13.8 Å². The average molecular weight is 786 g/mol. The first-order valence-corrected chi connectivity index (χ1v) is 21.7. The first-order valence-electron chi connectivity index (χ1n) is 21.7. The van der Waals surface area contributed by atoms with Crippen molar-refractivity contribution in [2.45, 2.75) is 165 Å². The van der Waals surface area contributed by atoms with Gasteiger partial charge >= 0.3 is 5.97 Å². The third-order valence-corrected chi connectivity index (χ3v) is 17.7. The lowest BCUT2D eigenvalue weighted by Crippen LogP contribution is -2.67. The second-order valence-electron chi connectivity index (χ2n) is 21.9. The summed E-state index contributed by atoms with van der Waals surface area (Å²) in [5, 5.41) is 3.49. The maximum Gasteiger partial charge on any atom is 0.310 e. The fourth-order valence-electron chi connectivity index (χ4n) is 14.1. The van der Waals surface area contributed by atoms with Gasteiger partial charge < -0.3 is 14.8 Å². The highest BCUT2D eigenvalue weighted by molar-refractivity contribution is 6.03. The number of ketones is 2. The summed E-state index contributed by atoms with van der Waals surface area (Å²) in [6, 6.07) is 0. The van der Waals surface area contributed by atoms with Crippen LogP contribution in [0.2, 0.25) is 0 Å². The average Bonchev–Trinajstić information content (AvgIpc) is 3.43. The number of rotatable bonds is 10. The number of nitrogens with one attached hydrogen (secondary N) is 1. The zero-order valence-corrected chi connectivity index (χ0v) is 36.4. The maximum atomic E-state index is 14.4. The number of fused-ring (bicyclic) bond motifs is 7. The molecule has 10 atom stereocenters. The minimum atomic E-state index is -1.02. The highest BCUT2D eigenvalue weighted by Gasteiger charge is 2.70. The highest BCUT2D eigenvalue weighted by Crippen LogP contribution is 2.76. The largest absolute Gasteiger partial charge is 0.464 e. The highest BCUT2D eigenvalue weighted by atomic mass is 16.6. The number of Topliss-reactive ketones (excluding diaryl/α,β-unsaturated/α-hetero) is 2. The molecule has 5 saturated carbocycles. The lowest BCUT2D eigenvalue weighted by atomic mass is 9.33. The molecule has 0 radical (unpaired) electrons. The van der Waals surface area contributed by atoms with Crippen LogP contribution in [0.1, 0.15) is 157 Å². The SMILES string of the molecule is CC(C)C1=C2[C@H]3CC[C@@H]4[C@@]5(C)CC[C@H](OC(=O)[C@H]6C[C@@H](OC=O)C6(C)C)C(C)(C)[C@@H]5CC[C@@]4(C)[C@]3(C)CC[C@@]2(NC(=O)C(C)(C)CC(=O)c2cnccn2)CC1=O. The van der Waals surface area contributed by atoms with E-state index in [2.05, 4.69) is 63.8 Å². The predicted molar refractivity (Wildman–Crippen MR) is 215 cm³/mol. The number of nitrogens with zero attached hydrogens (tertiary/aromatic N) is 2. The van der Waals surface area contributed by atoms with E-state index in [0.29, 0.717) is 31.1 Å². The molecule has 6 aliphatic rings. The van der Waals surface area contributed by atoms with E-state index < -0.39 is 16.4 Å². The molecule has 0 bridgehead atoms. The molecule has 7 rings (SSSR count). The van der Waals surface area contributed by atoms with Crippen molar-refractivity contribution in [1.29, 1.82) is 0 Å². The Balaban J connectivity index is 1.14. The van der Waals surface area contributed by atoms with E-state index in [-0.39, 0.29) is 93.6 Å². The Bertz CT molecular complexity index is 1870. The van der Waals surface area contributed by atoms with E-state index >= 15 is 0 Å². The Kier molecular flexibility index (Phi) is 10.1. The van der Waals surface area contributed by atoms with Crippen LogP contribution < -0.4 is 5.32 Å². The number of carbonyl (C=O) groups excluding carboxylic acids is 5. The van der Waals surface area contributed by atoms with Crippen molar-refractivity contribution < 1.29 is 33.4 Å². The summed E-state index contributed by atoms with van der Waals surface area (Å²) in [5.41, 5.74) is -0.149. The first kappa shape index (κ1) is 41.7. The first-order chi connectivity index (χ1) is 26.5. The van der Waals surface area contributed by atoms with Crippen LogP contribution in [0.3, 0.4) is 0 Å². The maximum absolute atomic E-state index is 14.4. The smallest absolute Gasteiger partial charge is 0.310 e. The van der Waals surface area contributed by atoms with E-state index in [0.717, 1.165) is 50.5 Å². The van der Waals surface area contributed by atoms with Gasteiger partial charge in [-0.2, -0.15) is 0 Å². The molecular weight excluding hydrogens is 719 g/mol. The Labute approximate surface area is 339 Å². The van der Waals surface area contributed by atoms with Crippen molar-refractivity contribution in [3.8, 4) is 0 Å². The van der Waals surface area contributed by atoms with Gasteiger partial charge in [-0.3, -0.25) is 29.0 Å². The topological polar surface area (TPSA) is 142 Å². The number of allylic oxidation sites excluding steroid dienone is 1. The number of aromatic nitrogens is 2. The van der Waals surface area contributed by atoms with Crippen LogP contribution in [0.4, 0.5) is 0 Å². The molecule has 0 unspecified atom stereocenters. The Morgan fingerprint density at radius 2 is 1.61 bits per heavy atom. The summed E-state index contributed by atoms with van der Waals surface area (Å²) >= 11 is 0. The summed E-state index contributed by atoms with van der Waals surface area (Å²) in [6.07, 6.45) is 12.3. The zero-order valence-electron chi connectivity index (χ0n) is 36.4. The summed E-state index contributed by atoms with van der Waals surface area (Å²) in [7, 11) is 0. The molecule has 0 saturated heterocycles. The van der Waals surface area contributed by atoms with Crippen LogP contribution in [-0.2, 0) is 28.7 Å². The Morgan fingerprint density at radius 3 is 2.25 bits per heavy atom. The Morgan fingerprint density at radius 1 is 0.895 bits per heavy atom. The van der Waals surface area contributed by atoms with Gasteiger partial charge in [-0.05, 0) is 109 Å². The summed E-state index contributed by atoms with van der Waals surface area (Å²) in [4.78, 5) is 74.6. The van der Waals surface area contributed by atoms with E-state index in [1.165, 1.54) is 24.2 Å². The van der Waals surface area contributed by atoms with Crippen molar-refractivity contribution in [2.24, 2.45) is 62.1 Å². The third kappa shape index (κ3) is 6.17. The van der Waals surface area contributed by atoms with E-state index in [1.807, 2.05) is 13.8 Å². The minimum Gasteiger partial charge on any atom is -0.464 e. The molecule has 10 nitrogen and oxygen atoms in total. The lowest BCUT2D eigenvalue weighted by Gasteiger charge is -2.72. The number of carbonyl (C=O) groups is 5. The molecular formula is C47H67N3O7. The molecule has 6 aliphatic carbocycles. The molecule has 0 aliphatic heterocycles. The van der Waals surface area contributed by atoms with Crippen molar-refractivity contribution in [3.63, 3.8) is 0 Å². The zero-order chi connectivity index (χ0) is 41.7. The normalized spacial score (nSPS) is 39.1. The van der Waals surface area contributed by atoms with Crippen molar-refractivity contribution >= 4 is 29.9 Å².